The second kappa shape index (κ2) is 12.3. The second-order valence-electron chi connectivity index (χ2n) is 8.23. The molecule has 0 bridgehead atoms. The van der Waals surface area contributed by atoms with Gasteiger partial charge >= 0.3 is 12.3 Å². The molecule has 0 saturated heterocycles. The third-order valence-electron chi connectivity index (χ3n) is 5.20. The van der Waals surface area contributed by atoms with Gasteiger partial charge in [-0.05, 0) is 37.1 Å². The van der Waals surface area contributed by atoms with Gasteiger partial charge in [0.15, 0.2) is 5.75 Å². The Kier molecular flexibility index (Phi) is 10.00. The van der Waals surface area contributed by atoms with Crippen molar-refractivity contribution in [3.05, 3.63) is 42.0 Å². The predicted octanol–water partition coefficient (Wildman–Crippen LogP) is 5.73. The number of aromatic carboxylic acids is 1. The van der Waals surface area contributed by atoms with E-state index in [2.05, 4.69) is 4.74 Å². The highest BCUT2D eigenvalue weighted by atomic mass is 32.2. The SMILES string of the molecule is CCCCN(CCCC)c1cc(C(=O)O)cc(S(=O)(=O)N(C)C)c1Oc1cccc(OC(F)(F)F)c1. The number of anilines is 1. The highest BCUT2D eigenvalue weighted by molar-refractivity contribution is 7.89. The van der Waals surface area contributed by atoms with E-state index in [1.807, 2.05) is 18.7 Å². The molecule has 0 amide bonds. The van der Waals surface area contributed by atoms with Crippen molar-refractivity contribution >= 4 is 21.7 Å². The summed E-state index contributed by atoms with van der Waals surface area (Å²) in [7, 11) is -1.64. The zero-order valence-electron chi connectivity index (χ0n) is 20.6. The fourth-order valence-corrected chi connectivity index (χ4v) is 4.39. The van der Waals surface area contributed by atoms with Crippen LogP contribution in [0.25, 0.3) is 0 Å². The number of carboxylic acids is 1. The molecule has 0 unspecified atom stereocenters. The summed E-state index contributed by atoms with van der Waals surface area (Å²) < 4.78 is 75.4. The van der Waals surface area contributed by atoms with Gasteiger partial charge in [0, 0.05) is 33.3 Å². The monoisotopic (exact) mass is 532 g/mol. The molecule has 2 aromatic carbocycles. The third kappa shape index (κ3) is 7.76. The van der Waals surface area contributed by atoms with Gasteiger partial charge in [-0.25, -0.2) is 17.5 Å². The van der Waals surface area contributed by atoms with Crippen molar-refractivity contribution in [3.8, 4) is 17.2 Å². The maximum atomic E-state index is 13.2. The fraction of sp³-hybridized carbons (Fsp3) is 0.458. The van der Waals surface area contributed by atoms with E-state index in [0.29, 0.717) is 13.1 Å². The van der Waals surface area contributed by atoms with E-state index >= 15 is 0 Å². The van der Waals surface area contributed by atoms with Gasteiger partial charge in [0.2, 0.25) is 10.0 Å². The number of carboxylic acid groups (broad SMARTS) is 1. The molecule has 2 aromatic rings. The van der Waals surface area contributed by atoms with Crippen LogP contribution in [-0.2, 0) is 10.0 Å². The number of nitrogens with zero attached hydrogens (tertiary/aromatic N) is 2. The molecule has 0 aliphatic rings. The Balaban J connectivity index is 2.79. The number of carbonyl (C=O) groups is 1. The average molecular weight is 533 g/mol. The van der Waals surface area contributed by atoms with Gasteiger partial charge in [-0.3, -0.25) is 0 Å². The van der Waals surface area contributed by atoms with Crippen LogP contribution in [0, 0.1) is 0 Å². The third-order valence-corrected chi connectivity index (χ3v) is 7.02. The van der Waals surface area contributed by atoms with Crippen LogP contribution in [0.15, 0.2) is 41.3 Å². The van der Waals surface area contributed by atoms with Crippen molar-refractivity contribution in [3.63, 3.8) is 0 Å². The first kappa shape index (κ1) is 29.2. The summed E-state index contributed by atoms with van der Waals surface area (Å²) in [6.45, 7) is 4.96. The van der Waals surface area contributed by atoms with Crippen LogP contribution in [0.1, 0.15) is 49.9 Å². The van der Waals surface area contributed by atoms with Gasteiger partial charge < -0.3 is 19.5 Å². The summed E-state index contributed by atoms with van der Waals surface area (Å²) in [5.74, 6) is -2.16. The minimum absolute atomic E-state index is 0.109. The second-order valence-corrected chi connectivity index (χ2v) is 10.4. The topological polar surface area (TPSA) is 96.4 Å². The number of halogens is 3. The standard InChI is InChI=1S/C24H31F3N2O6S/c1-5-7-12-29(13-8-6-2)20-14-17(23(30)31)15-21(36(32,33)28(3)4)22(20)34-18-10-9-11-19(16-18)35-24(25,26)27/h9-11,14-16H,5-8,12-13H2,1-4H3,(H,30,31). The Morgan fingerprint density at radius 1 is 1.00 bits per heavy atom. The first-order chi connectivity index (χ1) is 16.8. The Hall–Kier alpha value is -2.99. The molecular weight excluding hydrogens is 501 g/mol. The number of hydrogen-bond acceptors (Lipinski definition) is 6. The number of sulfonamides is 1. The molecule has 8 nitrogen and oxygen atoms in total. The first-order valence-electron chi connectivity index (χ1n) is 11.4. The Bertz CT molecular complexity index is 1150. The molecule has 200 valence electrons. The van der Waals surface area contributed by atoms with Crippen LogP contribution in [0.3, 0.4) is 0 Å². The van der Waals surface area contributed by atoms with E-state index in [0.717, 1.165) is 48.2 Å². The van der Waals surface area contributed by atoms with Gasteiger partial charge in [0.05, 0.1) is 11.3 Å². The summed E-state index contributed by atoms with van der Waals surface area (Å²) in [4.78, 5) is 13.3. The lowest BCUT2D eigenvalue weighted by atomic mass is 10.1. The molecule has 0 aromatic heterocycles. The number of unbranched alkanes of at least 4 members (excludes halogenated alkanes) is 2. The Morgan fingerprint density at radius 2 is 1.58 bits per heavy atom. The molecule has 0 saturated carbocycles. The minimum Gasteiger partial charge on any atom is -0.478 e. The summed E-state index contributed by atoms with van der Waals surface area (Å²) in [6.07, 6.45) is -1.78. The number of hydrogen-bond donors (Lipinski definition) is 1. The molecule has 0 aliphatic carbocycles. The van der Waals surface area contributed by atoms with Crippen LogP contribution in [0.4, 0.5) is 18.9 Å². The molecule has 1 N–H and O–H groups in total. The van der Waals surface area contributed by atoms with E-state index in [-0.39, 0.29) is 22.7 Å². The lowest BCUT2D eigenvalue weighted by Crippen LogP contribution is -2.28. The molecule has 0 atom stereocenters. The van der Waals surface area contributed by atoms with Crippen LogP contribution in [-0.4, -0.2) is 57.3 Å². The number of benzene rings is 2. The highest BCUT2D eigenvalue weighted by Crippen LogP contribution is 2.41. The van der Waals surface area contributed by atoms with Crippen molar-refractivity contribution in [2.24, 2.45) is 0 Å². The summed E-state index contributed by atoms with van der Waals surface area (Å²) in [5.41, 5.74) is -0.0377. The largest absolute Gasteiger partial charge is 0.573 e. The van der Waals surface area contributed by atoms with Gasteiger partial charge in [-0.15, -0.1) is 13.2 Å². The van der Waals surface area contributed by atoms with Crippen LogP contribution in [0.2, 0.25) is 0 Å². The fourth-order valence-electron chi connectivity index (χ4n) is 3.34. The summed E-state index contributed by atoms with van der Waals surface area (Å²) in [5, 5.41) is 9.71. The summed E-state index contributed by atoms with van der Waals surface area (Å²) in [6, 6.07) is 7.01. The van der Waals surface area contributed by atoms with E-state index in [4.69, 9.17) is 4.74 Å². The molecule has 36 heavy (non-hydrogen) atoms. The van der Waals surface area contributed by atoms with E-state index in [9.17, 15) is 31.5 Å². The van der Waals surface area contributed by atoms with Gasteiger partial charge in [-0.2, -0.15) is 0 Å². The van der Waals surface area contributed by atoms with Crippen LogP contribution >= 0.6 is 0 Å². The quantitative estimate of drug-likeness (QED) is 0.352. The van der Waals surface area contributed by atoms with Crippen LogP contribution < -0.4 is 14.4 Å². The van der Waals surface area contributed by atoms with Crippen molar-refractivity contribution < 1.29 is 41.0 Å². The van der Waals surface area contributed by atoms with Crippen molar-refractivity contribution in [2.45, 2.75) is 50.8 Å². The van der Waals surface area contributed by atoms with Gasteiger partial charge in [-0.1, -0.05) is 32.8 Å². The van der Waals surface area contributed by atoms with E-state index < -0.39 is 33.0 Å². The lowest BCUT2D eigenvalue weighted by molar-refractivity contribution is -0.274. The van der Waals surface area contributed by atoms with Crippen molar-refractivity contribution in [2.75, 3.05) is 32.1 Å². The first-order valence-corrected chi connectivity index (χ1v) is 12.9. The molecule has 0 spiro atoms. The lowest BCUT2D eigenvalue weighted by Gasteiger charge is -2.29. The maximum Gasteiger partial charge on any atom is 0.573 e. The zero-order valence-corrected chi connectivity index (χ0v) is 21.4. The van der Waals surface area contributed by atoms with Crippen LogP contribution in [0.5, 0.6) is 17.2 Å². The molecule has 0 heterocycles. The predicted molar refractivity (Wildman–Crippen MR) is 130 cm³/mol. The van der Waals surface area contributed by atoms with E-state index in [1.54, 1.807) is 0 Å². The highest BCUT2D eigenvalue weighted by Gasteiger charge is 2.32. The zero-order chi connectivity index (χ0) is 27.1. The Labute approximate surface area is 209 Å². The minimum atomic E-state index is -4.93. The maximum absolute atomic E-state index is 13.2. The number of rotatable bonds is 13. The van der Waals surface area contributed by atoms with Crippen molar-refractivity contribution in [1.82, 2.24) is 4.31 Å². The number of ether oxygens (including phenoxy) is 2. The smallest absolute Gasteiger partial charge is 0.478 e. The summed E-state index contributed by atoms with van der Waals surface area (Å²) >= 11 is 0. The van der Waals surface area contributed by atoms with Gasteiger partial charge in [0.25, 0.3) is 0 Å². The molecule has 2 rings (SSSR count). The normalized spacial score (nSPS) is 12.0. The molecule has 0 aliphatic heterocycles. The molecule has 0 radical (unpaired) electrons. The van der Waals surface area contributed by atoms with Gasteiger partial charge in [0.1, 0.15) is 16.4 Å². The van der Waals surface area contributed by atoms with Crippen molar-refractivity contribution in [1.29, 1.82) is 0 Å². The molecular formula is C24H31F3N2O6S. The molecule has 0 fully saturated rings. The Morgan fingerprint density at radius 3 is 2.08 bits per heavy atom. The number of alkyl halides is 3. The molecule has 12 heteroatoms. The average Bonchev–Trinajstić information content (AvgIpc) is 2.78. The van der Waals surface area contributed by atoms with E-state index in [1.165, 1.54) is 32.3 Å².